The van der Waals surface area contributed by atoms with Crippen LogP contribution in [0.1, 0.15) is 18.4 Å². The largest absolute Gasteiger partial charge is 0.309 e. The van der Waals surface area contributed by atoms with E-state index >= 15 is 4.57 Å². The Bertz CT molecular complexity index is 2160. The molecule has 2 aliphatic rings. The summed E-state index contributed by atoms with van der Waals surface area (Å²) in [5, 5.41) is 5.08. The summed E-state index contributed by atoms with van der Waals surface area (Å²) >= 11 is 0. The molecule has 48 heavy (non-hydrogen) atoms. The molecular weight excluding hydrogens is 622 g/mol. The minimum atomic E-state index is -3.05. The van der Waals surface area contributed by atoms with Crippen molar-refractivity contribution in [1.29, 1.82) is 0 Å². The van der Waals surface area contributed by atoms with Crippen molar-refractivity contribution in [2.24, 2.45) is 0 Å². The lowest BCUT2D eigenvalue weighted by Crippen LogP contribution is -2.24. The number of hydrogen-bond donors (Lipinski definition) is 0. The molecule has 0 fully saturated rings. The molecule has 2 nitrogen and oxygen atoms in total. The molecule has 2 aliphatic carbocycles. The van der Waals surface area contributed by atoms with Crippen LogP contribution in [0, 0.1) is 0 Å². The van der Waals surface area contributed by atoms with E-state index in [2.05, 4.69) is 66.8 Å². The van der Waals surface area contributed by atoms with Crippen molar-refractivity contribution in [3.05, 3.63) is 210 Å². The van der Waals surface area contributed by atoms with Gasteiger partial charge in [-0.15, -0.1) is 0 Å². The summed E-state index contributed by atoms with van der Waals surface area (Å²) in [6, 6.07) is 46.1. The first-order valence-corrected chi connectivity index (χ1v) is 19.7. The monoisotopic (exact) mass is 658 g/mol. The van der Waals surface area contributed by atoms with Crippen LogP contribution in [-0.4, -0.2) is 0 Å². The standard InChI is InChI=1S/C44H36O2P2/c45-47(40-21-8-3-9-22-40,39-19-6-1-2-7-20-39)43-27-15-16-35(28-31-43)37-17-14-18-38(34-37)36-29-32-44(33-30-36)48(46,41-23-10-4-11-24-41)42-25-12-5-13-26-42/h1-15,17-19,21-34H,16,20H2. The van der Waals surface area contributed by atoms with Gasteiger partial charge in [-0.05, 0) is 41.2 Å². The summed E-state index contributed by atoms with van der Waals surface area (Å²) in [5.74, 6) is 0. The van der Waals surface area contributed by atoms with E-state index in [4.69, 9.17) is 0 Å². The van der Waals surface area contributed by atoms with Gasteiger partial charge >= 0.3 is 0 Å². The van der Waals surface area contributed by atoms with Gasteiger partial charge in [-0.25, -0.2) is 0 Å². The Morgan fingerprint density at radius 1 is 0.417 bits per heavy atom. The van der Waals surface area contributed by atoms with Crippen molar-refractivity contribution in [2.75, 3.05) is 0 Å². The smallest absolute Gasteiger partial charge is 0.171 e. The van der Waals surface area contributed by atoms with Gasteiger partial charge in [-0.1, -0.05) is 188 Å². The zero-order valence-electron chi connectivity index (χ0n) is 26.6. The SMILES string of the molecule is O=P(C1=CC=C(c2cccc(-c3ccc(P(=O)(c4ccccc4)c4ccccc4)cc3)c2)CC=C1)(C1=CC=CC=CC1)c1ccccc1. The highest BCUT2D eigenvalue weighted by molar-refractivity contribution is 7.85. The Morgan fingerprint density at radius 3 is 1.65 bits per heavy atom. The Balaban J connectivity index is 1.22. The van der Waals surface area contributed by atoms with E-state index in [0.29, 0.717) is 6.42 Å². The van der Waals surface area contributed by atoms with Crippen LogP contribution >= 0.6 is 14.3 Å². The summed E-state index contributed by atoms with van der Waals surface area (Å²) in [6.45, 7) is 0. The summed E-state index contributed by atoms with van der Waals surface area (Å²) in [7, 11) is -6.09. The van der Waals surface area contributed by atoms with Crippen molar-refractivity contribution < 1.29 is 9.13 Å². The normalized spacial score (nSPS) is 15.8. The van der Waals surface area contributed by atoms with Crippen molar-refractivity contribution in [2.45, 2.75) is 12.8 Å². The predicted molar refractivity (Wildman–Crippen MR) is 206 cm³/mol. The van der Waals surface area contributed by atoms with E-state index in [1.54, 1.807) is 0 Å². The topological polar surface area (TPSA) is 34.1 Å². The molecule has 1 atom stereocenters. The molecule has 0 aromatic heterocycles. The summed E-state index contributed by atoms with van der Waals surface area (Å²) in [6.07, 6.45) is 19.8. The predicted octanol–water partition coefficient (Wildman–Crippen LogP) is 10.3. The molecule has 4 heteroatoms. The van der Waals surface area contributed by atoms with E-state index < -0.39 is 14.3 Å². The first-order valence-electron chi connectivity index (χ1n) is 16.3. The Morgan fingerprint density at radius 2 is 1.00 bits per heavy atom. The van der Waals surface area contributed by atoms with E-state index in [0.717, 1.165) is 60.5 Å². The number of hydrogen-bond acceptors (Lipinski definition) is 2. The van der Waals surface area contributed by atoms with Gasteiger partial charge in [0.15, 0.2) is 14.3 Å². The van der Waals surface area contributed by atoms with E-state index in [1.807, 2.05) is 127 Å². The number of benzene rings is 5. The molecule has 0 amide bonds. The molecule has 0 radical (unpaired) electrons. The summed E-state index contributed by atoms with van der Waals surface area (Å²) in [4.78, 5) is 0. The average Bonchev–Trinajstić information content (AvgIpc) is 3.60. The quantitative estimate of drug-likeness (QED) is 0.156. The second-order valence-corrected chi connectivity index (χ2v) is 17.5. The van der Waals surface area contributed by atoms with Gasteiger partial charge in [0.2, 0.25) is 0 Å². The minimum Gasteiger partial charge on any atom is -0.309 e. The summed E-state index contributed by atoms with van der Waals surface area (Å²) < 4.78 is 29.9. The zero-order chi connectivity index (χ0) is 32.8. The molecule has 0 saturated heterocycles. The van der Waals surface area contributed by atoms with Crippen LogP contribution in [-0.2, 0) is 9.13 Å². The van der Waals surface area contributed by atoms with E-state index in [9.17, 15) is 4.57 Å². The number of rotatable bonds is 8. The molecule has 0 spiro atoms. The van der Waals surface area contributed by atoms with E-state index in [1.165, 1.54) is 0 Å². The highest BCUT2D eigenvalue weighted by Crippen LogP contribution is 2.62. The van der Waals surface area contributed by atoms with Gasteiger partial charge in [0.1, 0.15) is 0 Å². The van der Waals surface area contributed by atoms with Gasteiger partial charge in [0.05, 0.1) is 0 Å². The van der Waals surface area contributed by atoms with Gasteiger partial charge in [-0.2, -0.15) is 0 Å². The second-order valence-electron chi connectivity index (χ2n) is 11.9. The van der Waals surface area contributed by atoms with E-state index in [-0.39, 0.29) is 0 Å². The average molecular weight is 659 g/mol. The fourth-order valence-corrected chi connectivity index (χ4v) is 11.9. The molecular formula is C44H36O2P2. The van der Waals surface area contributed by atoms with Crippen LogP contribution in [0.3, 0.4) is 0 Å². The molecule has 5 aromatic carbocycles. The fourth-order valence-electron chi connectivity index (χ4n) is 6.44. The molecule has 0 saturated carbocycles. The third-order valence-electron chi connectivity index (χ3n) is 8.98. The van der Waals surface area contributed by atoms with Crippen molar-refractivity contribution in [3.63, 3.8) is 0 Å². The fraction of sp³-hybridized carbons (Fsp3) is 0.0455. The van der Waals surface area contributed by atoms with Gasteiger partial charge in [-0.3, -0.25) is 0 Å². The van der Waals surface area contributed by atoms with Crippen molar-refractivity contribution in [3.8, 4) is 11.1 Å². The molecule has 7 rings (SSSR count). The lowest BCUT2D eigenvalue weighted by Gasteiger charge is -2.22. The lowest BCUT2D eigenvalue weighted by molar-refractivity contribution is 0.588. The van der Waals surface area contributed by atoms with Gasteiger partial charge < -0.3 is 9.13 Å². The van der Waals surface area contributed by atoms with Crippen LogP contribution in [0.25, 0.3) is 16.7 Å². The van der Waals surface area contributed by atoms with Crippen LogP contribution in [0.2, 0.25) is 0 Å². The number of allylic oxidation sites excluding steroid dienone is 12. The van der Waals surface area contributed by atoms with Crippen LogP contribution in [0.4, 0.5) is 0 Å². The maximum absolute atomic E-state index is 15.1. The van der Waals surface area contributed by atoms with Crippen molar-refractivity contribution >= 4 is 41.1 Å². The highest BCUT2D eigenvalue weighted by atomic mass is 31.2. The van der Waals surface area contributed by atoms with Crippen molar-refractivity contribution in [1.82, 2.24) is 0 Å². The van der Waals surface area contributed by atoms with Gasteiger partial charge in [0, 0.05) is 31.8 Å². The Kier molecular flexibility index (Phi) is 9.22. The maximum atomic E-state index is 15.1. The Hall–Kier alpha value is -5.00. The summed E-state index contributed by atoms with van der Waals surface area (Å²) in [5.41, 5.74) is 4.42. The Labute approximate surface area is 283 Å². The maximum Gasteiger partial charge on any atom is 0.171 e. The molecule has 0 aliphatic heterocycles. The highest BCUT2D eigenvalue weighted by Gasteiger charge is 2.32. The third-order valence-corrected chi connectivity index (χ3v) is 15.2. The molecule has 0 heterocycles. The zero-order valence-corrected chi connectivity index (χ0v) is 28.4. The molecule has 0 N–H and O–H groups in total. The van der Waals surface area contributed by atoms with Gasteiger partial charge in [0.25, 0.3) is 0 Å². The molecule has 0 bridgehead atoms. The van der Waals surface area contributed by atoms with Crippen LogP contribution < -0.4 is 21.2 Å². The third kappa shape index (κ3) is 6.18. The van der Waals surface area contributed by atoms with Crippen LogP contribution in [0.5, 0.6) is 0 Å². The first-order chi connectivity index (χ1) is 23.6. The second kappa shape index (κ2) is 14.0. The first kappa shape index (κ1) is 31.6. The molecule has 1 unspecified atom stereocenters. The van der Waals surface area contributed by atoms with Crippen LogP contribution in [0.15, 0.2) is 205 Å². The minimum absolute atomic E-state index is 0.647. The molecule has 5 aromatic rings. The molecule has 234 valence electrons. The lowest BCUT2D eigenvalue weighted by atomic mass is 9.97.